The van der Waals surface area contributed by atoms with Crippen LogP contribution in [-0.2, 0) is 9.47 Å². The molecule has 0 aromatic rings. The second-order valence-corrected chi connectivity index (χ2v) is 3.85. The van der Waals surface area contributed by atoms with Gasteiger partial charge < -0.3 is 9.47 Å². The van der Waals surface area contributed by atoms with Gasteiger partial charge in [-0.2, -0.15) is 0 Å². The maximum atomic E-state index is 5.68. The zero-order valence-corrected chi connectivity index (χ0v) is 7.62. The second kappa shape index (κ2) is 2.54. The summed E-state index contributed by atoms with van der Waals surface area (Å²) in [6.07, 6.45) is 0.130. The molecule has 4 atom stereocenters. The van der Waals surface area contributed by atoms with E-state index in [1.165, 1.54) is 0 Å². The van der Waals surface area contributed by atoms with Crippen LogP contribution in [-0.4, -0.2) is 31.8 Å². The summed E-state index contributed by atoms with van der Waals surface area (Å²) in [5.41, 5.74) is -0.431. The average Bonchev–Trinajstić information content (AvgIpc) is 2.55. The van der Waals surface area contributed by atoms with Crippen molar-refractivity contribution in [2.45, 2.75) is 25.7 Å². The van der Waals surface area contributed by atoms with Gasteiger partial charge in [0.05, 0.1) is 13.2 Å². The summed E-state index contributed by atoms with van der Waals surface area (Å²) in [7, 11) is 0. The maximum Gasteiger partial charge on any atom is 0.189 e. The number of ether oxygens (including phenoxy) is 2. The molecule has 0 aliphatic carbocycles. The lowest BCUT2D eigenvalue weighted by atomic mass is 9.92. The zero-order valence-electron chi connectivity index (χ0n) is 7.62. The molecule has 3 nitrogen and oxygen atoms in total. The van der Waals surface area contributed by atoms with E-state index < -0.39 is 5.72 Å². The number of nitrogens with zero attached hydrogens (tertiary/aromatic N) is 1. The molecule has 2 rings (SSSR count). The van der Waals surface area contributed by atoms with E-state index in [-0.39, 0.29) is 6.10 Å². The first-order chi connectivity index (χ1) is 5.70. The van der Waals surface area contributed by atoms with Gasteiger partial charge in [0, 0.05) is 11.8 Å². The Labute approximate surface area is 72.8 Å². The normalized spacial score (nSPS) is 52.3. The van der Waals surface area contributed by atoms with Crippen molar-refractivity contribution in [1.82, 2.24) is 0 Å². The smallest absolute Gasteiger partial charge is 0.189 e. The van der Waals surface area contributed by atoms with Gasteiger partial charge in [-0.05, 0) is 6.72 Å². The van der Waals surface area contributed by atoms with Crippen LogP contribution in [0.1, 0.15) is 13.8 Å². The molecule has 3 heteroatoms. The highest BCUT2D eigenvalue weighted by Crippen LogP contribution is 2.44. The SMILES string of the molecule is C=N[C@]12OC[C@H](C)[C@H]1OC[C@@H]2C. The quantitative estimate of drug-likeness (QED) is 0.550. The van der Waals surface area contributed by atoms with Crippen LogP contribution < -0.4 is 0 Å². The third-order valence-electron chi connectivity index (χ3n) is 2.98. The standard InChI is InChI=1S/C9H15NO2/c1-6-4-12-9(10-3)7(2)5-11-8(6)9/h6-8H,3-5H2,1-2H3/t6-,7-,8+,9+/m0/s1. The fourth-order valence-corrected chi connectivity index (χ4v) is 2.21. The van der Waals surface area contributed by atoms with Gasteiger partial charge in [0.25, 0.3) is 0 Å². The van der Waals surface area contributed by atoms with Crippen molar-refractivity contribution < 1.29 is 9.47 Å². The van der Waals surface area contributed by atoms with Crippen molar-refractivity contribution in [1.29, 1.82) is 0 Å². The van der Waals surface area contributed by atoms with Crippen molar-refractivity contribution >= 4 is 6.72 Å². The Hall–Kier alpha value is -0.410. The summed E-state index contributed by atoms with van der Waals surface area (Å²) in [5.74, 6) is 0.783. The number of rotatable bonds is 1. The predicted molar refractivity (Wildman–Crippen MR) is 46.3 cm³/mol. The fourth-order valence-electron chi connectivity index (χ4n) is 2.21. The van der Waals surface area contributed by atoms with Gasteiger partial charge in [0.2, 0.25) is 0 Å². The minimum absolute atomic E-state index is 0.130. The number of hydrogen-bond acceptors (Lipinski definition) is 3. The number of hydrogen-bond donors (Lipinski definition) is 0. The van der Waals surface area contributed by atoms with Crippen molar-refractivity contribution in [3.05, 3.63) is 0 Å². The van der Waals surface area contributed by atoms with Crippen molar-refractivity contribution in [2.75, 3.05) is 13.2 Å². The fraction of sp³-hybridized carbons (Fsp3) is 0.889. The highest BCUT2D eigenvalue weighted by molar-refractivity contribution is 5.27. The molecule has 0 N–H and O–H groups in total. The van der Waals surface area contributed by atoms with Crippen LogP contribution in [0.5, 0.6) is 0 Å². The van der Waals surface area contributed by atoms with E-state index in [1.54, 1.807) is 0 Å². The molecule has 68 valence electrons. The van der Waals surface area contributed by atoms with E-state index in [0.717, 1.165) is 13.2 Å². The Morgan fingerprint density at radius 2 is 2.17 bits per heavy atom. The zero-order chi connectivity index (χ0) is 8.77. The molecule has 0 spiro atoms. The summed E-state index contributed by atoms with van der Waals surface area (Å²) >= 11 is 0. The van der Waals surface area contributed by atoms with E-state index in [0.29, 0.717) is 11.8 Å². The van der Waals surface area contributed by atoms with Crippen molar-refractivity contribution in [3.8, 4) is 0 Å². The van der Waals surface area contributed by atoms with Crippen LogP contribution in [0.4, 0.5) is 0 Å². The molecule has 2 aliphatic rings. The largest absolute Gasteiger partial charge is 0.372 e. The molecule has 2 aliphatic heterocycles. The molecule has 0 aromatic heterocycles. The molecule has 2 heterocycles. The molecular formula is C9H15NO2. The van der Waals surface area contributed by atoms with Gasteiger partial charge in [0.15, 0.2) is 5.72 Å². The van der Waals surface area contributed by atoms with E-state index in [1.807, 2.05) is 0 Å². The summed E-state index contributed by atoms with van der Waals surface area (Å²) in [6.45, 7) is 9.33. The van der Waals surface area contributed by atoms with Crippen LogP contribution >= 0.6 is 0 Å². The first-order valence-corrected chi connectivity index (χ1v) is 4.44. The Morgan fingerprint density at radius 3 is 2.75 bits per heavy atom. The molecule has 0 aromatic carbocycles. The summed E-state index contributed by atoms with van der Waals surface area (Å²) in [6, 6.07) is 0. The van der Waals surface area contributed by atoms with E-state index in [2.05, 4.69) is 25.6 Å². The molecule has 0 saturated carbocycles. The molecule has 12 heavy (non-hydrogen) atoms. The second-order valence-electron chi connectivity index (χ2n) is 3.85. The predicted octanol–water partition coefficient (Wildman–Crippen LogP) is 1.08. The lowest BCUT2D eigenvalue weighted by Crippen LogP contribution is -2.39. The minimum atomic E-state index is -0.431. The number of aliphatic imine (C=N–C) groups is 1. The van der Waals surface area contributed by atoms with Gasteiger partial charge in [0.1, 0.15) is 6.10 Å². The molecule has 0 radical (unpaired) electrons. The molecule has 2 fully saturated rings. The summed E-state index contributed by atoms with van der Waals surface area (Å²) in [4.78, 5) is 4.12. The van der Waals surface area contributed by atoms with Crippen LogP contribution in [0.2, 0.25) is 0 Å². The molecule has 0 unspecified atom stereocenters. The van der Waals surface area contributed by atoms with Gasteiger partial charge in [-0.3, -0.25) is 4.99 Å². The topological polar surface area (TPSA) is 30.8 Å². The Morgan fingerprint density at radius 1 is 1.42 bits per heavy atom. The van der Waals surface area contributed by atoms with E-state index >= 15 is 0 Å². The van der Waals surface area contributed by atoms with Gasteiger partial charge in [-0.25, -0.2) is 0 Å². The molecule has 0 amide bonds. The van der Waals surface area contributed by atoms with Crippen LogP contribution in [0, 0.1) is 11.8 Å². The van der Waals surface area contributed by atoms with Crippen LogP contribution in [0.25, 0.3) is 0 Å². The van der Waals surface area contributed by atoms with Gasteiger partial charge in [-0.15, -0.1) is 0 Å². The summed E-state index contributed by atoms with van der Waals surface area (Å²) < 4.78 is 11.3. The molecular weight excluding hydrogens is 154 g/mol. The lowest BCUT2D eigenvalue weighted by Gasteiger charge is -2.26. The van der Waals surface area contributed by atoms with E-state index in [9.17, 15) is 0 Å². The first kappa shape index (κ1) is 8.20. The Bertz CT molecular complexity index is 207. The average molecular weight is 169 g/mol. The van der Waals surface area contributed by atoms with Crippen molar-refractivity contribution in [3.63, 3.8) is 0 Å². The van der Waals surface area contributed by atoms with Gasteiger partial charge >= 0.3 is 0 Å². The highest BCUT2D eigenvalue weighted by atomic mass is 16.6. The first-order valence-electron chi connectivity index (χ1n) is 4.44. The third kappa shape index (κ3) is 0.808. The molecule has 2 saturated heterocycles. The number of fused-ring (bicyclic) bond motifs is 1. The van der Waals surface area contributed by atoms with E-state index in [4.69, 9.17) is 9.47 Å². The highest BCUT2D eigenvalue weighted by Gasteiger charge is 2.56. The minimum Gasteiger partial charge on any atom is -0.372 e. The van der Waals surface area contributed by atoms with Crippen LogP contribution in [0.15, 0.2) is 4.99 Å². The Balaban J connectivity index is 2.30. The summed E-state index contributed by atoms with van der Waals surface area (Å²) in [5, 5.41) is 0. The van der Waals surface area contributed by atoms with Gasteiger partial charge in [-0.1, -0.05) is 13.8 Å². The van der Waals surface area contributed by atoms with Crippen LogP contribution in [0.3, 0.4) is 0 Å². The monoisotopic (exact) mass is 169 g/mol. The third-order valence-corrected chi connectivity index (χ3v) is 2.98. The maximum absolute atomic E-state index is 5.68. The Kier molecular flexibility index (Phi) is 1.73. The molecule has 0 bridgehead atoms. The lowest BCUT2D eigenvalue weighted by molar-refractivity contribution is -0.0318. The van der Waals surface area contributed by atoms with Crippen molar-refractivity contribution in [2.24, 2.45) is 16.8 Å².